The van der Waals surface area contributed by atoms with E-state index in [1.54, 1.807) is 24.3 Å². The van der Waals surface area contributed by atoms with Crippen molar-refractivity contribution in [3.8, 4) is 5.75 Å². The van der Waals surface area contributed by atoms with Crippen LogP contribution >= 0.6 is 0 Å². The van der Waals surface area contributed by atoms with Crippen molar-refractivity contribution in [3.63, 3.8) is 0 Å². The first-order valence-electron chi connectivity index (χ1n) is 6.11. The minimum Gasteiger partial charge on any atom is -0.491 e. The zero-order valence-electron chi connectivity index (χ0n) is 11.2. The van der Waals surface area contributed by atoms with Crippen molar-refractivity contribution in [1.82, 2.24) is 5.32 Å². The molecule has 1 atom stereocenters. The first-order chi connectivity index (χ1) is 9.02. The Balaban J connectivity index is 2.55. The van der Waals surface area contributed by atoms with E-state index >= 15 is 0 Å². The second-order valence-corrected chi connectivity index (χ2v) is 4.35. The van der Waals surface area contributed by atoms with E-state index in [1.807, 2.05) is 13.8 Å². The van der Waals surface area contributed by atoms with Gasteiger partial charge in [-0.05, 0) is 31.5 Å². The number of carbonyl (C=O) groups is 1. The molecule has 0 aliphatic rings. The summed E-state index contributed by atoms with van der Waals surface area (Å²) in [6, 6.07) is 7.14. The lowest BCUT2D eigenvalue weighted by atomic mass is 10.1. The van der Waals surface area contributed by atoms with Crippen LogP contribution in [0, 0.1) is 0 Å². The number of rotatable bonds is 6. The van der Waals surface area contributed by atoms with Crippen LogP contribution in [-0.4, -0.2) is 23.7 Å². The molecule has 2 N–H and O–H groups in total. The molecule has 0 saturated heterocycles. The SMILES string of the molecule is C=C=CC(=O)NCC(O)c1ccc(OC(C)C)cc1. The molecule has 4 nitrogen and oxygen atoms in total. The maximum atomic E-state index is 11.2. The summed E-state index contributed by atoms with van der Waals surface area (Å²) in [5, 5.41) is 12.5. The maximum absolute atomic E-state index is 11.2. The highest BCUT2D eigenvalue weighted by Crippen LogP contribution is 2.18. The van der Waals surface area contributed by atoms with Gasteiger partial charge < -0.3 is 15.2 Å². The molecule has 0 heterocycles. The highest BCUT2D eigenvalue weighted by molar-refractivity contribution is 5.87. The molecule has 1 aromatic rings. The van der Waals surface area contributed by atoms with Gasteiger partial charge in [-0.3, -0.25) is 4.79 Å². The number of benzene rings is 1. The normalized spacial score (nSPS) is 11.6. The lowest BCUT2D eigenvalue weighted by Crippen LogP contribution is -2.26. The number of carbonyl (C=O) groups excluding carboxylic acids is 1. The number of hydrogen-bond acceptors (Lipinski definition) is 3. The van der Waals surface area contributed by atoms with Crippen LogP contribution in [0.4, 0.5) is 0 Å². The van der Waals surface area contributed by atoms with Gasteiger partial charge in [0.15, 0.2) is 0 Å². The van der Waals surface area contributed by atoms with E-state index in [9.17, 15) is 9.90 Å². The fraction of sp³-hybridized carbons (Fsp3) is 0.333. The number of aliphatic hydroxyl groups is 1. The number of amides is 1. The third-order valence-corrected chi connectivity index (χ3v) is 2.34. The molecule has 1 rings (SSSR count). The molecule has 0 radical (unpaired) electrons. The standard InChI is InChI=1S/C15H19NO3/c1-4-5-15(18)16-10-14(17)12-6-8-13(9-7-12)19-11(2)3/h5-9,11,14,17H,1,10H2,2-3H3,(H,16,18). The monoisotopic (exact) mass is 261 g/mol. The van der Waals surface area contributed by atoms with Crippen LogP contribution in [0.2, 0.25) is 0 Å². The van der Waals surface area contributed by atoms with Crippen LogP contribution in [0.1, 0.15) is 25.5 Å². The minimum atomic E-state index is -0.754. The third-order valence-electron chi connectivity index (χ3n) is 2.34. The average molecular weight is 261 g/mol. The third kappa shape index (κ3) is 5.42. The molecule has 4 heteroatoms. The summed E-state index contributed by atoms with van der Waals surface area (Å²) in [6.07, 6.45) is 0.544. The molecule has 0 aromatic heterocycles. The minimum absolute atomic E-state index is 0.112. The van der Waals surface area contributed by atoms with Gasteiger partial charge in [-0.2, -0.15) is 0 Å². The smallest absolute Gasteiger partial charge is 0.251 e. The topological polar surface area (TPSA) is 58.6 Å². The number of aliphatic hydroxyl groups excluding tert-OH is 1. The zero-order chi connectivity index (χ0) is 14.3. The highest BCUT2D eigenvalue weighted by Gasteiger charge is 2.08. The van der Waals surface area contributed by atoms with E-state index in [1.165, 1.54) is 6.08 Å². The molecule has 0 fully saturated rings. The molecule has 0 bridgehead atoms. The lowest BCUT2D eigenvalue weighted by molar-refractivity contribution is -0.116. The van der Waals surface area contributed by atoms with Gasteiger partial charge in [-0.1, -0.05) is 18.7 Å². The van der Waals surface area contributed by atoms with Crippen LogP contribution in [-0.2, 0) is 4.79 Å². The van der Waals surface area contributed by atoms with Crippen molar-refractivity contribution >= 4 is 5.91 Å². The number of ether oxygens (including phenoxy) is 1. The first kappa shape index (κ1) is 15.0. The Labute approximate surface area is 113 Å². The van der Waals surface area contributed by atoms with Crippen LogP contribution in [0.3, 0.4) is 0 Å². The summed E-state index contributed by atoms with van der Waals surface area (Å²) >= 11 is 0. The van der Waals surface area contributed by atoms with E-state index in [0.717, 1.165) is 11.3 Å². The molecule has 0 spiro atoms. The molecule has 1 unspecified atom stereocenters. The molecular formula is C15H19NO3. The lowest BCUT2D eigenvalue weighted by Gasteiger charge is -2.13. The Morgan fingerprint density at radius 1 is 1.47 bits per heavy atom. The summed E-state index contributed by atoms with van der Waals surface area (Å²) in [4.78, 5) is 11.2. The predicted octanol–water partition coefficient (Wildman–Crippen LogP) is 1.96. The Morgan fingerprint density at radius 2 is 2.11 bits per heavy atom. The summed E-state index contributed by atoms with van der Waals surface area (Å²) in [5.74, 6) is 0.429. The Hall–Kier alpha value is -2.03. The van der Waals surface area contributed by atoms with Gasteiger partial charge in [0, 0.05) is 12.6 Å². The van der Waals surface area contributed by atoms with E-state index in [4.69, 9.17) is 4.74 Å². The first-order valence-corrected chi connectivity index (χ1v) is 6.11. The average Bonchev–Trinajstić information content (AvgIpc) is 2.36. The largest absolute Gasteiger partial charge is 0.491 e. The van der Waals surface area contributed by atoms with Crippen molar-refractivity contribution in [3.05, 3.63) is 48.2 Å². The predicted molar refractivity (Wildman–Crippen MR) is 73.9 cm³/mol. The summed E-state index contributed by atoms with van der Waals surface area (Å²) in [6.45, 7) is 7.34. The Kier molecular flexibility index (Phi) is 5.86. The molecular weight excluding hydrogens is 242 g/mol. The summed E-state index contributed by atoms with van der Waals surface area (Å²) < 4.78 is 5.51. The van der Waals surface area contributed by atoms with Gasteiger partial charge in [-0.15, -0.1) is 5.73 Å². The van der Waals surface area contributed by atoms with Gasteiger partial charge >= 0.3 is 0 Å². The van der Waals surface area contributed by atoms with Crippen LogP contribution in [0.25, 0.3) is 0 Å². The second-order valence-electron chi connectivity index (χ2n) is 4.35. The molecule has 19 heavy (non-hydrogen) atoms. The number of nitrogens with one attached hydrogen (secondary N) is 1. The quantitative estimate of drug-likeness (QED) is 0.608. The maximum Gasteiger partial charge on any atom is 0.251 e. The van der Waals surface area contributed by atoms with Gasteiger partial charge in [0.05, 0.1) is 12.2 Å². The molecule has 0 aliphatic heterocycles. The fourth-order valence-corrected chi connectivity index (χ4v) is 1.50. The van der Waals surface area contributed by atoms with Crippen molar-refractivity contribution in [1.29, 1.82) is 0 Å². The molecule has 0 saturated carbocycles. The second kappa shape index (κ2) is 7.41. The van der Waals surface area contributed by atoms with Gasteiger partial charge in [0.25, 0.3) is 5.91 Å². The van der Waals surface area contributed by atoms with Crippen LogP contribution in [0.15, 0.2) is 42.7 Å². The molecule has 0 aliphatic carbocycles. The van der Waals surface area contributed by atoms with E-state index < -0.39 is 6.10 Å². The zero-order valence-corrected chi connectivity index (χ0v) is 11.2. The fourth-order valence-electron chi connectivity index (χ4n) is 1.50. The van der Waals surface area contributed by atoms with Crippen molar-refractivity contribution < 1.29 is 14.6 Å². The Bertz CT molecular complexity index is 459. The van der Waals surface area contributed by atoms with E-state index in [-0.39, 0.29) is 18.6 Å². The van der Waals surface area contributed by atoms with Crippen molar-refractivity contribution in [2.45, 2.75) is 26.1 Å². The summed E-state index contributed by atoms with van der Waals surface area (Å²) in [5.41, 5.74) is 3.09. The van der Waals surface area contributed by atoms with Crippen LogP contribution < -0.4 is 10.1 Å². The van der Waals surface area contributed by atoms with Gasteiger partial charge in [-0.25, -0.2) is 0 Å². The van der Waals surface area contributed by atoms with Crippen molar-refractivity contribution in [2.24, 2.45) is 0 Å². The van der Waals surface area contributed by atoms with E-state index in [2.05, 4.69) is 17.6 Å². The van der Waals surface area contributed by atoms with Crippen molar-refractivity contribution in [2.75, 3.05) is 6.54 Å². The van der Waals surface area contributed by atoms with Gasteiger partial charge in [0.1, 0.15) is 5.75 Å². The van der Waals surface area contributed by atoms with Crippen LogP contribution in [0.5, 0.6) is 5.75 Å². The summed E-state index contributed by atoms with van der Waals surface area (Å²) in [7, 11) is 0. The van der Waals surface area contributed by atoms with Gasteiger partial charge in [0.2, 0.25) is 0 Å². The molecule has 1 amide bonds. The highest BCUT2D eigenvalue weighted by atomic mass is 16.5. The van der Waals surface area contributed by atoms with E-state index in [0.29, 0.717) is 0 Å². The molecule has 1 aromatic carbocycles. The number of hydrogen-bond donors (Lipinski definition) is 2. The Morgan fingerprint density at radius 3 is 2.63 bits per heavy atom. The molecule has 102 valence electrons.